The topological polar surface area (TPSA) is 79.6 Å². The summed E-state index contributed by atoms with van der Waals surface area (Å²) in [5, 5.41) is 15.2. The second-order valence-electron chi connectivity index (χ2n) is 6.14. The summed E-state index contributed by atoms with van der Waals surface area (Å²) < 4.78 is 2.00. The van der Waals surface area contributed by atoms with Crippen LogP contribution in [0.5, 0.6) is 0 Å². The van der Waals surface area contributed by atoms with Crippen LogP contribution in [0.15, 0.2) is 31.0 Å². The van der Waals surface area contributed by atoms with Gasteiger partial charge in [-0.25, -0.2) is 9.97 Å². The van der Waals surface area contributed by atoms with Gasteiger partial charge in [0.1, 0.15) is 12.0 Å². The second kappa shape index (κ2) is 5.21. The van der Waals surface area contributed by atoms with Gasteiger partial charge in [-0.3, -0.25) is 4.68 Å². The van der Waals surface area contributed by atoms with Crippen LogP contribution < -0.4 is 0 Å². The fraction of sp³-hybridized carbons (Fsp3) is 0.438. The molecule has 1 aliphatic carbocycles. The zero-order valence-corrected chi connectivity index (χ0v) is 12.5. The van der Waals surface area contributed by atoms with Crippen molar-refractivity contribution in [3.63, 3.8) is 0 Å². The molecule has 0 aromatic carbocycles. The first kappa shape index (κ1) is 13.5. The summed E-state index contributed by atoms with van der Waals surface area (Å²) in [6.45, 7) is 2.17. The maximum atomic E-state index is 9.72. The van der Waals surface area contributed by atoms with Crippen molar-refractivity contribution in [3.05, 3.63) is 31.0 Å². The van der Waals surface area contributed by atoms with Crippen LogP contribution in [-0.4, -0.2) is 35.9 Å². The molecule has 2 N–H and O–H groups in total. The molecule has 0 aliphatic heterocycles. The largest absolute Gasteiger partial charge is 0.393 e. The lowest BCUT2D eigenvalue weighted by atomic mass is 10.00. The Labute approximate surface area is 128 Å². The van der Waals surface area contributed by atoms with Crippen LogP contribution in [-0.2, 0) is 0 Å². The molecular formula is C16H19N5O. The minimum absolute atomic E-state index is 0.149. The maximum Gasteiger partial charge on any atom is 0.141 e. The SMILES string of the molecule is CC([C@@H]1CC[C@@H](O)C1)n1cc(-c2ncnc3[nH]ccc23)cn1. The molecule has 0 radical (unpaired) electrons. The van der Waals surface area contributed by atoms with E-state index < -0.39 is 0 Å². The molecule has 0 amide bonds. The van der Waals surface area contributed by atoms with Crippen molar-refractivity contribution in [3.8, 4) is 11.3 Å². The molecule has 22 heavy (non-hydrogen) atoms. The van der Waals surface area contributed by atoms with Crippen LogP contribution in [0.4, 0.5) is 0 Å². The van der Waals surface area contributed by atoms with Crippen LogP contribution in [0.1, 0.15) is 32.2 Å². The molecule has 6 nitrogen and oxygen atoms in total. The highest BCUT2D eigenvalue weighted by Crippen LogP contribution is 2.35. The van der Waals surface area contributed by atoms with Crippen LogP contribution in [0, 0.1) is 5.92 Å². The van der Waals surface area contributed by atoms with Gasteiger partial charge in [0.05, 0.1) is 24.0 Å². The molecule has 0 spiro atoms. The van der Waals surface area contributed by atoms with Crippen molar-refractivity contribution in [1.82, 2.24) is 24.7 Å². The standard InChI is InChI=1S/C16H19N5O/c1-10(11-2-3-13(22)6-11)21-8-12(7-20-21)15-14-4-5-17-16(14)19-9-18-15/h4-5,7-11,13,22H,2-3,6H2,1H3,(H,17,18,19)/t10?,11-,13-/m1/s1. The van der Waals surface area contributed by atoms with Gasteiger partial charge in [-0.2, -0.15) is 5.10 Å². The number of fused-ring (bicyclic) bond motifs is 1. The van der Waals surface area contributed by atoms with Crippen molar-refractivity contribution < 1.29 is 5.11 Å². The molecule has 0 saturated heterocycles. The summed E-state index contributed by atoms with van der Waals surface area (Å²) in [5.41, 5.74) is 2.73. The fourth-order valence-electron chi connectivity index (χ4n) is 3.43. The third-order valence-electron chi connectivity index (χ3n) is 4.77. The monoisotopic (exact) mass is 297 g/mol. The third-order valence-corrected chi connectivity index (χ3v) is 4.77. The van der Waals surface area contributed by atoms with E-state index in [0.29, 0.717) is 5.92 Å². The smallest absolute Gasteiger partial charge is 0.141 e. The summed E-state index contributed by atoms with van der Waals surface area (Å²) in [6, 6.07) is 2.27. The summed E-state index contributed by atoms with van der Waals surface area (Å²) in [7, 11) is 0. The van der Waals surface area contributed by atoms with Crippen LogP contribution in [0.25, 0.3) is 22.3 Å². The molecule has 1 fully saturated rings. The Morgan fingerprint density at radius 2 is 2.27 bits per heavy atom. The number of nitrogens with zero attached hydrogens (tertiary/aromatic N) is 4. The summed E-state index contributed by atoms with van der Waals surface area (Å²) in [4.78, 5) is 11.7. The van der Waals surface area contributed by atoms with E-state index in [1.165, 1.54) is 0 Å². The van der Waals surface area contributed by atoms with Gasteiger partial charge in [0.25, 0.3) is 0 Å². The van der Waals surface area contributed by atoms with E-state index in [-0.39, 0.29) is 12.1 Å². The predicted molar refractivity (Wildman–Crippen MR) is 83.2 cm³/mol. The van der Waals surface area contributed by atoms with Crippen LogP contribution in [0.2, 0.25) is 0 Å². The van der Waals surface area contributed by atoms with E-state index in [1.807, 2.05) is 29.3 Å². The van der Waals surface area contributed by atoms with Gasteiger partial charge in [-0.05, 0) is 38.2 Å². The number of aromatic amines is 1. The quantitative estimate of drug-likeness (QED) is 0.778. The number of hydrogen-bond donors (Lipinski definition) is 2. The number of rotatable bonds is 3. The number of H-pyrrole nitrogens is 1. The Morgan fingerprint density at radius 3 is 3.09 bits per heavy atom. The minimum Gasteiger partial charge on any atom is -0.393 e. The molecule has 1 aliphatic rings. The van der Waals surface area contributed by atoms with Gasteiger partial charge in [-0.1, -0.05) is 0 Å². The van der Waals surface area contributed by atoms with Crippen molar-refractivity contribution in [2.75, 3.05) is 0 Å². The van der Waals surface area contributed by atoms with Crippen molar-refractivity contribution in [2.24, 2.45) is 5.92 Å². The molecule has 1 unspecified atom stereocenters. The molecule has 114 valence electrons. The molecule has 3 aromatic heterocycles. The van der Waals surface area contributed by atoms with Crippen molar-refractivity contribution >= 4 is 11.0 Å². The van der Waals surface area contributed by atoms with Crippen LogP contribution in [0.3, 0.4) is 0 Å². The Hall–Kier alpha value is -2.21. The zero-order valence-electron chi connectivity index (χ0n) is 12.5. The average molecular weight is 297 g/mol. The lowest BCUT2D eigenvalue weighted by molar-refractivity contribution is 0.171. The highest BCUT2D eigenvalue weighted by Gasteiger charge is 2.28. The van der Waals surface area contributed by atoms with Gasteiger partial charge >= 0.3 is 0 Å². The van der Waals surface area contributed by atoms with E-state index in [9.17, 15) is 5.11 Å². The number of aromatic nitrogens is 5. The number of aliphatic hydroxyl groups excluding tert-OH is 1. The van der Waals surface area contributed by atoms with Crippen LogP contribution >= 0.6 is 0 Å². The van der Waals surface area contributed by atoms with Gasteiger partial charge in [0, 0.05) is 23.3 Å². The average Bonchev–Trinajstić information content (AvgIpc) is 3.26. The lowest BCUT2D eigenvalue weighted by Gasteiger charge is -2.19. The highest BCUT2D eigenvalue weighted by atomic mass is 16.3. The lowest BCUT2D eigenvalue weighted by Crippen LogP contribution is -2.15. The molecular weight excluding hydrogens is 278 g/mol. The first-order valence-electron chi connectivity index (χ1n) is 7.73. The van der Waals surface area contributed by atoms with Crippen molar-refractivity contribution in [2.45, 2.75) is 38.3 Å². The molecule has 3 atom stereocenters. The van der Waals surface area contributed by atoms with E-state index >= 15 is 0 Å². The maximum absolute atomic E-state index is 9.72. The number of nitrogens with one attached hydrogen (secondary N) is 1. The Kier molecular flexibility index (Phi) is 3.18. The highest BCUT2D eigenvalue weighted by molar-refractivity contribution is 5.89. The summed E-state index contributed by atoms with van der Waals surface area (Å²) in [5.74, 6) is 0.487. The minimum atomic E-state index is -0.149. The molecule has 0 bridgehead atoms. The normalized spacial score (nSPS) is 23.2. The molecule has 3 aromatic rings. The van der Waals surface area contributed by atoms with E-state index in [2.05, 4.69) is 27.0 Å². The Bertz CT molecular complexity index is 793. The molecule has 1 saturated carbocycles. The first-order chi connectivity index (χ1) is 10.7. The summed E-state index contributed by atoms with van der Waals surface area (Å²) >= 11 is 0. The molecule has 4 rings (SSSR count). The zero-order chi connectivity index (χ0) is 15.1. The predicted octanol–water partition coefficient (Wildman–Crippen LogP) is 2.54. The second-order valence-corrected chi connectivity index (χ2v) is 6.14. The van der Waals surface area contributed by atoms with E-state index in [4.69, 9.17) is 0 Å². The van der Waals surface area contributed by atoms with Gasteiger partial charge in [0.2, 0.25) is 0 Å². The Morgan fingerprint density at radius 1 is 1.36 bits per heavy atom. The van der Waals surface area contributed by atoms with Gasteiger partial charge in [0.15, 0.2) is 0 Å². The first-order valence-corrected chi connectivity index (χ1v) is 7.73. The molecule has 6 heteroatoms. The van der Waals surface area contributed by atoms with E-state index in [0.717, 1.165) is 41.6 Å². The third kappa shape index (κ3) is 2.20. The molecule has 3 heterocycles. The van der Waals surface area contributed by atoms with E-state index in [1.54, 1.807) is 6.33 Å². The van der Waals surface area contributed by atoms with Gasteiger partial charge < -0.3 is 10.1 Å². The number of hydrogen-bond acceptors (Lipinski definition) is 4. The number of aliphatic hydroxyl groups is 1. The summed E-state index contributed by atoms with van der Waals surface area (Å²) in [6.07, 6.45) is 10.0. The fourth-order valence-corrected chi connectivity index (χ4v) is 3.43. The van der Waals surface area contributed by atoms with Gasteiger partial charge in [-0.15, -0.1) is 0 Å². The van der Waals surface area contributed by atoms with Crippen molar-refractivity contribution in [1.29, 1.82) is 0 Å². The Balaban J connectivity index is 1.65.